The quantitative estimate of drug-likeness (QED) is 0.493. The fourth-order valence-electron chi connectivity index (χ4n) is 2.42. The number of aliphatic hydroxyl groups is 1. The molecule has 3 aromatic rings. The molecule has 1 heterocycles. The molecule has 2 unspecified atom stereocenters. The Morgan fingerprint density at radius 2 is 1.21 bits per heavy atom. The molecule has 0 aliphatic carbocycles. The highest BCUT2D eigenvalue weighted by atomic mass is 31.2. The van der Waals surface area contributed by atoms with Gasteiger partial charge in [0.2, 0.25) is 0 Å². The number of aromatic nitrogens is 1. The van der Waals surface area contributed by atoms with Crippen LogP contribution in [-0.2, 0) is 14.2 Å². The maximum absolute atomic E-state index is 13.1. The second-order valence-electron chi connectivity index (χ2n) is 5.73. The van der Waals surface area contributed by atoms with Crippen LogP contribution in [-0.4, -0.2) is 19.9 Å². The molecule has 2 atom stereocenters. The van der Waals surface area contributed by atoms with E-state index in [-0.39, 0.29) is 11.5 Å². The van der Waals surface area contributed by atoms with Gasteiger partial charge in [0.05, 0.1) is 0 Å². The van der Waals surface area contributed by atoms with Gasteiger partial charge in [-0.05, 0) is 30.3 Å². The Balaban J connectivity index is 2.10. The smallest absolute Gasteiger partial charge is 0.422 e. The van der Waals surface area contributed by atoms with Crippen LogP contribution < -0.4 is 9.05 Å². The van der Waals surface area contributed by atoms with Gasteiger partial charge in [0.1, 0.15) is 11.5 Å². The van der Waals surface area contributed by atoms with E-state index in [0.717, 1.165) is 6.20 Å². The molecule has 146 valence electrons. The van der Waals surface area contributed by atoms with Gasteiger partial charge in [-0.1, -0.05) is 42.5 Å². The number of rotatable bonds is 7. The topological polar surface area (TPSA) is 126 Å². The molecule has 1 aromatic heterocycles. The van der Waals surface area contributed by atoms with Crippen LogP contribution in [0.5, 0.6) is 11.5 Å². The molecule has 0 radical (unpaired) electrons. The van der Waals surface area contributed by atoms with Crippen LogP contribution in [0.4, 0.5) is 0 Å². The maximum Gasteiger partial charge on any atom is 0.426 e. The molecular formula is C18H17NO7P2. The first kappa shape index (κ1) is 20.3. The normalized spacial score (nSPS) is 17.5. The lowest BCUT2D eigenvalue weighted by Crippen LogP contribution is -2.30. The molecule has 3 N–H and O–H groups in total. The summed E-state index contributed by atoms with van der Waals surface area (Å²) in [6, 6.07) is 17.5. The fraction of sp³-hybridized carbons (Fsp3) is 0.0556. The first-order chi connectivity index (χ1) is 13.3. The second-order valence-corrected chi connectivity index (χ2v) is 9.82. The van der Waals surface area contributed by atoms with Gasteiger partial charge in [0, 0.05) is 18.0 Å². The van der Waals surface area contributed by atoms with E-state index in [9.17, 15) is 24.0 Å². The van der Waals surface area contributed by atoms with E-state index in [2.05, 4.69) is 4.98 Å². The average molecular weight is 421 g/mol. The minimum Gasteiger partial charge on any atom is -0.422 e. The summed E-state index contributed by atoms with van der Waals surface area (Å²) in [6.45, 7) is 0. The Bertz CT molecular complexity index is 954. The molecule has 28 heavy (non-hydrogen) atoms. The Labute approximate surface area is 161 Å². The van der Waals surface area contributed by atoms with E-state index >= 15 is 0 Å². The molecule has 2 aromatic carbocycles. The van der Waals surface area contributed by atoms with Crippen molar-refractivity contribution in [1.82, 2.24) is 4.98 Å². The van der Waals surface area contributed by atoms with Crippen molar-refractivity contribution in [3.63, 3.8) is 0 Å². The third kappa shape index (κ3) is 3.87. The lowest BCUT2D eigenvalue weighted by Gasteiger charge is -2.34. The molecule has 8 nitrogen and oxygen atoms in total. The van der Waals surface area contributed by atoms with Crippen molar-refractivity contribution in [2.24, 2.45) is 0 Å². The van der Waals surface area contributed by atoms with Crippen LogP contribution in [0.25, 0.3) is 0 Å². The molecule has 0 saturated carbocycles. The monoisotopic (exact) mass is 421 g/mol. The summed E-state index contributed by atoms with van der Waals surface area (Å²) in [5.41, 5.74) is -0.404. The van der Waals surface area contributed by atoms with Gasteiger partial charge in [0.25, 0.3) is 0 Å². The number of benzene rings is 2. The summed E-state index contributed by atoms with van der Waals surface area (Å²) in [6.07, 6.45) is 2.33. The summed E-state index contributed by atoms with van der Waals surface area (Å²) in [7, 11) is -10.5. The molecule has 10 heteroatoms. The number of hydrogen-bond donors (Lipinski definition) is 3. The third-order valence-corrected chi connectivity index (χ3v) is 8.31. The molecule has 0 aliphatic rings. The van der Waals surface area contributed by atoms with Crippen LogP contribution in [0.1, 0.15) is 5.56 Å². The van der Waals surface area contributed by atoms with Crippen LogP contribution in [0.2, 0.25) is 0 Å². The average Bonchev–Trinajstić information content (AvgIpc) is 2.68. The zero-order valence-corrected chi connectivity index (χ0v) is 16.2. The number of para-hydroxylation sites is 2. The summed E-state index contributed by atoms with van der Waals surface area (Å²) >= 11 is 0. The van der Waals surface area contributed by atoms with Crippen LogP contribution in [0.3, 0.4) is 0 Å². The molecule has 0 amide bonds. The minimum atomic E-state index is -5.24. The van der Waals surface area contributed by atoms with Gasteiger partial charge < -0.3 is 23.9 Å². The molecule has 0 bridgehead atoms. The summed E-state index contributed by atoms with van der Waals surface area (Å²) < 4.78 is 36.3. The van der Waals surface area contributed by atoms with Crippen LogP contribution >= 0.6 is 15.2 Å². The lowest BCUT2D eigenvalue weighted by atomic mass is 10.3. The fourth-order valence-corrected chi connectivity index (χ4v) is 5.93. The SMILES string of the molecule is O=P(O)(Oc1ccccc1)C(O)(c1cccnc1)P(=O)(O)Oc1ccccc1. The highest BCUT2D eigenvalue weighted by Crippen LogP contribution is 2.76. The number of hydrogen-bond acceptors (Lipinski definition) is 6. The van der Waals surface area contributed by atoms with Gasteiger partial charge in [-0.3, -0.25) is 4.98 Å². The van der Waals surface area contributed by atoms with Gasteiger partial charge in [0.15, 0.2) is 0 Å². The number of nitrogens with zero attached hydrogens (tertiary/aromatic N) is 1. The standard InChI is InChI=1S/C18H17NO7P2/c20-18(15-8-7-13-19-14-15,27(21,22)25-16-9-3-1-4-10-16)28(23,24)26-17-11-5-2-6-12-17/h1-14,20H,(H,21,22)(H,23,24). The van der Waals surface area contributed by atoms with Gasteiger partial charge in [-0.15, -0.1) is 0 Å². The maximum atomic E-state index is 13.1. The minimum absolute atomic E-state index is 0.0737. The van der Waals surface area contributed by atoms with E-state index in [1.807, 2.05) is 0 Å². The largest absolute Gasteiger partial charge is 0.426 e. The van der Waals surface area contributed by atoms with Gasteiger partial charge in [-0.25, -0.2) is 9.13 Å². The predicted octanol–water partition coefficient (Wildman–Crippen LogP) is 3.71. The van der Waals surface area contributed by atoms with E-state index in [4.69, 9.17) is 9.05 Å². The number of pyridine rings is 1. The van der Waals surface area contributed by atoms with Gasteiger partial charge >= 0.3 is 20.3 Å². The van der Waals surface area contributed by atoms with Crippen LogP contribution in [0, 0.1) is 0 Å². The van der Waals surface area contributed by atoms with Crippen molar-refractivity contribution in [1.29, 1.82) is 0 Å². The van der Waals surface area contributed by atoms with Gasteiger partial charge in [-0.2, -0.15) is 0 Å². The van der Waals surface area contributed by atoms with Crippen molar-refractivity contribution >= 4 is 15.2 Å². The lowest BCUT2D eigenvalue weighted by molar-refractivity contribution is 0.135. The van der Waals surface area contributed by atoms with E-state index in [1.165, 1.54) is 66.9 Å². The zero-order chi connectivity index (χ0) is 20.3. The first-order valence-electron chi connectivity index (χ1n) is 8.04. The molecule has 0 fully saturated rings. The summed E-state index contributed by atoms with van der Waals surface area (Å²) in [5.74, 6) is -0.147. The highest BCUT2D eigenvalue weighted by molar-refractivity contribution is 7.72. The Kier molecular flexibility index (Phi) is 5.70. The molecule has 0 aliphatic heterocycles. The molecule has 3 rings (SSSR count). The predicted molar refractivity (Wildman–Crippen MR) is 102 cm³/mol. The Hall–Kier alpha value is -2.47. The Morgan fingerprint density at radius 3 is 1.61 bits per heavy atom. The molecule has 0 spiro atoms. The van der Waals surface area contributed by atoms with E-state index in [0.29, 0.717) is 0 Å². The first-order valence-corrected chi connectivity index (χ1v) is 11.2. The zero-order valence-electron chi connectivity index (χ0n) is 14.4. The van der Waals surface area contributed by atoms with Crippen molar-refractivity contribution in [3.8, 4) is 11.5 Å². The van der Waals surface area contributed by atoms with Crippen molar-refractivity contribution in [2.45, 2.75) is 5.08 Å². The van der Waals surface area contributed by atoms with Crippen molar-refractivity contribution < 1.29 is 33.1 Å². The highest BCUT2D eigenvalue weighted by Gasteiger charge is 2.66. The summed E-state index contributed by atoms with van der Waals surface area (Å²) in [5, 5.41) is 7.85. The van der Waals surface area contributed by atoms with Crippen molar-refractivity contribution in [3.05, 3.63) is 90.8 Å². The second kappa shape index (κ2) is 7.87. The third-order valence-electron chi connectivity index (χ3n) is 3.78. The molecular weight excluding hydrogens is 404 g/mol. The van der Waals surface area contributed by atoms with Crippen molar-refractivity contribution in [2.75, 3.05) is 0 Å². The Morgan fingerprint density at radius 1 is 0.750 bits per heavy atom. The van der Waals surface area contributed by atoms with E-state index < -0.39 is 25.8 Å². The summed E-state index contributed by atoms with van der Waals surface area (Å²) in [4.78, 5) is 25.0. The van der Waals surface area contributed by atoms with E-state index in [1.54, 1.807) is 12.1 Å². The van der Waals surface area contributed by atoms with Crippen LogP contribution in [0.15, 0.2) is 85.2 Å². The molecule has 0 saturated heterocycles.